The minimum atomic E-state index is -0.278. The maximum atomic E-state index is 12.6. The maximum absolute atomic E-state index is 12.6. The summed E-state index contributed by atoms with van der Waals surface area (Å²) in [6.45, 7) is 1.92. The molecular formula is C26H28N2O5. The second-order valence-electron chi connectivity index (χ2n) is 9.03. The Morgan fingerprint density at radius 1 is 0.939 bits per heavy atom. The highest BCUT2D eigenvalue weighted by Crippen LogP contribution is 2.43. The molecule has 0 aromatic heterocycles. The molecule has 0 unspecified atom stereocenters. The molecule has 3 aliphatic rings. The molecule has 2 aromatic rings. The summed E-state index contributed by atoms with van der Waals surface area (Å²) in [5, 5.41) is 3.11. The van der Waals surface area contributed by atoms with Crippen LogP contribution in [0.2, 0.25) is 0 Å². The fraction of sp³-hybridized carbons (Fsp3) is 0.423. The van der Waals surface area contributed by atoms with Gasteiger partial charge in [0, 0.05) is 24.9 Å². The van der Waals surface area contributed by atoms with E-state index in [0.29, 0.717) is 37.3 Å². The minimum absolute atomic E-state index is 0.0598. The van der Waals surface area contributed by atoms with Gasteiger partial charge in [0.15, 0.2) is 11.5 Å². The third-order valence-corrected chi connectivity index (χ3v) is 7.00. The summed E-state index contributed by atoms with van der Waals surface area (Å²) >= 11 is 0. The molecule has 7 heteroatoms. The van der Waals surface area contributed by atoms with Gasteiger partial charge in [-0.15, -0.1) is 0 Å². The summed E-state index contributed by atoms with van der Waals surface area (Å²) in [4.78, 5) is 38.8. The summed E-state index contributed by atoms with van der Waals surface area (Å²) < 4.78 is 11.4. The zero-order valence-electron chi connectivity index (χ0n) is 18.6. The van der Waals surface area contributed by atoms with E-state index in [1.165, 1.54) is 10.5 Å². The second-order valence-corrected chi connectivity index (χ2v) is 9.03. The van der Waals surface area contributed by atoms with Crippen molar-refractivity contribution in [3.63, 3.8) is 0 Å². The number of hydrogen-bond acceptors (Lipinski definition) is 5. The fourth-order valence-electron chi connectivity index (χ4n) is 5.19. The standard InChI is InChI=1S/C26H28N2O5/c29-23(8-5-13-28-24(30)19-6-1-2-7-20(19)25(28)31)27-17-26(11-3-4-12-26)18-9-10-21-22(16-18)33-15-14-32-21/h1-2,6-7,9-10,16H,3-5,8,11-15,17H2,(H,27,29). The van der Waals surface area contributed by atoms with Crippen LogP contribution in [0.5, 0.6) is 11.5 Å². The molecule has 2 aliphatic heterocycles. The van der Waals surface area contributed by atoms with Crippen molar-refractivity contribution >= 4 is 17.7 Å². The molecule has 1 N–H and O–H groups in total. The van der Waals surface area contributed by atoms with Crippen LogP contribution in [-0.2, 0) is 10.2 Å². The van der Waals surface area contributed by atoms with Crippen LogP contribution in [0.15, 0.2) is 42.5 Å². The molecule has 0 radical (unpaired) electrons. The number of carbonyl (C=O) groups is 3. The number of benzene rings is 2. The molecule has 2 heterocycles. The lowest BCUT2D eigenvalue weighted by Gasteiger charge is -2.31. The SMILES string of the molecule is O=C(CCCN1C(=O)c2ccccc2C1=O)NCC1(c2ccc3c(c2)OCCO3)CCCC1. The van der Waals surface area contributed by atoms with Gasteiger partial charge in [0.1, 0.15) is 13.2 Å². The van der Waals surface area contributed by atoms with Crippen molar-refractivity contribution in [3.8, 4) is 11.5 Å². The van der Waals surface area contributed by atoms with Crippen molar-refractivity contribution in [2.24, 2.45) is 0 Å². The molecule has 7 nitrogen and oxygen atoms in total. The van der Waals surface area contributed by atoms with E-state index in [9.17, 15) is 14.4 Å². The lowest BCUT2D eigenvalue weighted by atomic mass is 9.78. The highest BCUT2D eigenvalue weighted by atomic mass is 16.6. The number of imide groups is 1. The highest BCUT2D eigenvalue weighted by Gasteiger charge is 2.37. The first kappa shape index (κ1) is 21.5. The van der Waals surface area contributed by atoms with Crippen LogP contribution in [0.25, 0.3) is 0 Å². The van der Waals surface area contributed by atoms with Gasteiger partial charge in [-0.05, 0) is 49.1 Å². The number of rotatable bonds is 7. The number of fused-ring (bicyclic) bond motifs is 2. The Hall–Kier alpha value is -3.35. The van der Waals surface area contributed by atoms with Gasteiger partial charge >= 0.3 is 0 Å². The van der Waals surface area contributed by atoms with Gasteiger partial charge in [-0.3, -0.25) is 19.3 Å². The smallest absolute Gasteiger partial charge is 0.261 e. The quantitative estimate of drug-likeness (QED) is 0.656. The molecular weight excluding hydrogens is 420 g/mol. The molecule has 3 amide bonds. The van der Waals surface area contributed by atoms with Crippen molar-refractivity contribution in [2.75, 3.05) is 26.3 Å². The average molecular weight is 449 g/mol. The van der Waals surface area contributed by atoms with Crippen molar-refractivity contribution in [2.45, 2.75) is 43.9 Å². The van der Waals surface area contributed by atoms with Crippen LogP contribution in [-0.4, -0.2) is 48.9 Å². The van der Waals surface area contributed by atoms with Gasteiger partial charge in [-0.25, -0.2) is 0 Å². The number of ether oxygens (including phenoxy) is 2. The van der Waals surface area contributed by atoms with E-state index in [2.05, 4.69) is 17.4 Å². The van der Waals surface area contributed by atoms with E-state index in [0.717, 1.165) is 37.2 Å². The topological polar surface area (TPSA) is 84.9 Å². The lowest BCUT2D eigenvalue weighted by Crippen LogP contribution is -2.39. The molecule has 1 aliphatic carbocycles. The molecule has 0 bridgehead atoms. The van der Waals surface area contributed by atoms with Gasteiger partial charge in [-0.1, -0.05) is 31.0 Å². The molecule has 1 fully saturated rings. The summed E-state index contributed by atoms with van der Waals surface area (Å²) in [6.07, 6.45) is 5.00. The van der Waals surface area contributed by atoms with Gasteiger partial charge in [0.2, 0.25) is 5.91 Å². The normalized spacial score (nSPS) is 18.4. The molecule has 2 aromatic carbocycles. The molecule has 5 rings (SSSR count). The Morgan fingerprint density at radius 3 is 2.30 bits per heavy atom. The van der Waals surface area contributed by atoms with Crippen LogP contribution in [0.4, 0.5) is 0 Å². The van der Waals surface area contributed by atoms with Crippen LogP contribution in [0.3, 0.4) is 0 Å². The summed E-state index contributed by atoms with van der Waals surface area (Å²) in [5.41, 5.74) is 1.95. The molecule has 0 spiro atoms. The van der Waals surface area contributed by atoms with Gasteiger partial charge in [-0.2, -0.15) is 0 Å². The number of amides is 3. The largest absolute Gasteiger partial charge is 0.486 e. The number of nitrogens with one attached hydrogen (secondary N) is 1. The summed E-state index contributed by atoms with van der Waals surface area (Å²) in [7, 11) is 0. The van der Waals surface area contributed by atoms with Crippen LogP contribution in [0.1, 0.15) is 64.8 Å². The molecule has 1 saturated carbocycles. The molecule has 0 atom stereocenters. The fourth-order valence-corrected chi connectivity index (χ4v) is 5.19. The van der Waals surface area contributed by atoms with Gasteiger partial charge < -0.3 is 14.8 Å². The third kappa shape index (κ3) is 4.08. The maximum Gasteiger partial charge on any atom is 0.261 e. The summed E-state index contributed by atoms with van der Waals surface area (Å²) in [5.74, 6) is 0.933. The van der Waals surface area contributed by atoms with Gasteiger partial charge in [0.25, 0.3) is 11.8 Å². The van der Waals surface area contributed by atoms with Crippen LogP contribution in [0, 0.1) is 0 Å². The summed E-state index contributed by atoms with van der Waals surface area (Å²) in [6, 6.07) is 13.0. The minimum Gasteiger partial charge on any atom is -0.486 e. The van der Waals surface area contributed by atoms with E-state index < -0.39 is 0 Å². The molecule has 33 heavy (non-hydrogen) atoms. The zero-order chi connectivity index (χ0) is 22.8. The Bertz CT molecular complexity index is 1050. The average Bonchev–Trinajstić information content (AvgIpc) is 3.43. The number of nitrogens with zero attached hydrogens (tertiary/aromatic N) is 1. The number of carbonyl (C=O) groups excluding carboxylic acids is 3. The number of hydrogen-bond donors (Lipinski definition) is 1. The first-order valence-electron chi connectivity index (χ1n) is 11.7. The highest BCUT2D eigenvalue weighted by molar-refractivity contribution is 6.21. The van der Waals surface area contributed by atoms with Crippen LogP contribution < -0.4 is 14.8 Å². The van der Waals surface area contributed by atoms with Crippen LogP contribution >= 0.6 is 0 Å². The van der Waals surface area contributed by atoms with E-state index in [1.807, 2.05) is 6.07 Å². The van der Waals surface area contributed by atoms with E-state index >= 15 is 0 Å². The predicted octanol–water partition coefficient (Wildman–Crippen LogP) is 3.46. The molecule has 172 valence electrons. The molecule has 0 saturated heterocycles. The van der Waals surface area contributed by atoms with Crippen molar-refractivity contribution < 1.29 is 23.9 Å². The first-order valence-corrected chi connectivity index (χ1v) is 11.7. The van der Waals surface area contributed by atoms with Crippen molar-refractivity contribution in [1.82, 2.24) is 10.2 Å². The zero-order valence-corrected chi connectivity index (χ0v) is 18.6. The third-order valence-electron chi connectivity index (χ3n) is 7.00. The Balaban J connectivity index is 1.17. The van der Waals surface area contributed by atoms with Crippen molar-refractivity contribution in [1.29, 1.82) is 0 Å². The van der Waals surface area contributed by atoms with Gasteiger partial charge in [0.05, 0.1) is 11.1 Å². The predicted molar refractivity (Wildman–Crippen MR) is 122 cm³/mol. The Morgan fingerprint density at radius 2 is 1.61 bits per heavy atom. The Labute approximate surface area is 193 Å². The Kier molecular flexibility index (Phi) is 5.79. The monoisotopic (exact) mass is 448 g/mol. The lowest BCUT2D eigenvalue weighted by molar-refractivity contribution is -0.121. The van der Waals surface area contributed by atoms with E-state index in [-0.39, 0.29) is 36.1 Å². The first-order chi connectivity index (χ1) is 16.1. The van der Waals surface area contributed by atoms with Crippen molar-refractivity contribution in [3.05, 3.63) is 59.2 Å². The second kappa shape index (κ2) is 8.89. The van der Waals surface area contributed by atoms with E-state index in [4.69, 9.17) is 9.47 Å². The van der Waals surface area contributed by atoms with E-state index in [1.54, 1.807) is 24.3 Å².